The number of carbonyl (C=O) groups excluding carboxylic acids is 2. The average molecular weight is 409 g/mol. The van der Waals surface area contributed by atoms with Gasteiger partial charge in [-0.25, -0.2) is 9.59 Å². The summed E-state index contributed by atoms with van der Waals surface area (Å²) < 4.78 is 11.0. The van der Waals surface area contributed by atoms with Gasteiger partial charge in [-0.1, -0.05) is 5.24 Å². The van der Waals surface area contributed by atoms with E-state index in [4.69, 9.17) is 33.0 Å². The summed E-state index contributed by atoms with van der Waals surface area (Å²) in [6.07, 6.45) is 3.95. The molecule has 0 aromatic rings. The normalized spacial score (nSPS) is 33.0. The minimum Gasteiger partial charge on any atom is -0.450 e. The second-order valence-corrected chi connectivity index (χ2v) is 10.1. The van der Waals surface area contributed by atoms with Crippen molar-refractivity contribution in [2.45, 2.75) is 75.3 Å². The van der Waals surface area contributed by atoms with E-state index in [-0.39, 0.29) is 11.5 Å². The van der Waals surface area contributed by atoms with E-state index in [2.05, 4.69) is 4.90 Å². The largest absolute Gasteiger partial charge is 0.450 e. The predicted molar refractivity (Wildman–Crippen MR) is 115 cm³/mol. The number of nitrogens with zero attached hydrogens (tertiary/aromatic N) is 3. The zero-order valence-electron chi connectivity index (χ0n) is 18.4. The van der Waals surface area contributed by atoms with Crippen molar-refractivity contribution in [3.63, 3.8) is 0 Å². The van der Waals surface area contributed by atoms with E-state index in [1.807, 2.05) is 25.7 Å². The standard InChI is InChI=1S/C20H30B3N3O4/c1-4-29-15(27)25-8-5-18(13-25)11-14(12-18)24-9-6-19(7-10-24)17(2,3)26(16(28)30-19)20(21,22)23/h14H,4-13H2,1-3H3. The highest BCUT2D eigenvalue weighted by atomic mass is 16.6. The van der Waals surface area contributed by atoms with Crippen molar-refractivity contribution in [3.05, 3.63) is 0 Å². The van der Waals surface area contributed by atoms with Crippen LogP contribution in [0.3, 0.4) is 0 Å². The molecule has 0 aromatic heterocycles. The lowest BCUT2D eigenvalue weighted by Gasteiger charge is -2.54. The molecule has 0 aromatic carbocycles. The van der Waals surface area contributed by atoms with Gasteiger partial charge in [-0.3, -0.25) is 0 Å². The molecule has 0 bridgehead atoms. The first-order valence-electron chi connectivity index (χ1n) is 11.0. The molecule has 4 aliphatic rings. The van der Waals surface area contributed by atoms with Crippen molar-refractivity contribution in [1.82, 2.24) is 14.7 Å². The number of amides is 2. The van der Waals surface area contributed by atoms with Crippen LogP contribution in [0.1, 0.15) is 52.9 Å². The third-order valence-electron chi connectivity index (χ3n) is 7.95. The van der Waals surface area contributed by atoms with Crippen molar-refractivity contribution in [1.29, 1.82) is 0 Å². The highest BCUT2D eigenvalue weighted by Crippen LogP contribution is 2.53. The highest BCUT2D eigenvalue weighted by molar-refractivity contribution is 6.59. The molecule has 2 spiro atoms. The Morgan fingerprint density at radius 2 is 1.80 bits per heavy atom. The summed E-state index contributed by atoms with van der Waals surface area (Å²) in [5, 5.41) is -1.76. The van der Waals surface area contributed by atoms with Gasteiger partial charge in [0, 0.05) is 45.1 Å². The number of carbonyl (C=O) groups is 2. The molecule has 3 heterocycles. The Hall–Kier alpha value is -1.31. The molecule has 10 heteroatoms. The van der Waals surface area contributed by atoms with Gasteiger partial charge in [0.05, 0.1) is 35.7 Å². The Morgan fingerprint density at radius 1 is 1.17 bits per heavy atom. The highest BCUT2D eigenvalue weighted by Gasteiger charge is 2.63. The summed E-state index contributed by atoms with van der Waals surface area (Å²) in [6, 6.07) is 0.512. The lowest BCUT2D eigenvalue weighted by molar-refractivity contribution is -0.0806. The summed E-state index contributed by atoms with van der Waals surface area (Å²) >= 11 is 0. The van der Waals surface area contributed by atoms with Gasteiger partial charge in [-0.05, 0) is 45.4 Å². The van der Waals surface area contributed by atoms with Gasteiger partial charge < -0.3 is 24.2 Å². The molecule has 4 rings (SSSR count). The molecule has 0 N–H and O–H groups in total. The maximum absolute atomic E-state index is 12.5. The first kappa shape index (κ1) is 21.9. The number of likely N-dealkylation sites (tertiary alicyclic amines) is 2. The monoisotopic (exact) mass is 409 g/mol. The molecule has 7 nitrogen and oxygen atoms in total. The van der Waals surface area contributed by atoms with Crippen LogP contribution < -0.4 is 0 Å². The van der Waals surface area contributed by atoms with Crippen LogP contribution >= 0.6 is 0 Å². The van der Waals surface area contributed by atoms with Crippen LogP contribution in [-0.2, 0) is 9.47 Å². The first-order valence-corrected chi connectivity index (χ1v) is 11.0. The van der Waals surface area contributed by atoms with Crippen molar-refractivity contribution in [2.24, 2.45) is 5.41 Å². The van der Waals surface area contributed by atoms with E-state index >= 15 is 0 Å². The number of ether oxygens (including phenoxy) is 2. The average Bonchev–Trinajstić information content (AvgIpc) is 3.12. The van der Waals surface area contributed by atoms with Crippen molar-refractivity contribution in [2.75, 3.05) is 32.8 Å². The van der Waals surface area contributed by atoms with Crippen LogP contribution in [0.4, 0.5) is 9.59 Å². The molecule has 0 atom stereocenters. The van der Waals surface area contributed by atoms with Crippen LogP contribution in [0.2, 0.25) is 0 Å². The van der Waals surface area contributed by atoms with E-state index < -0.39 is 22.5 Å². The Bertz CT molecular complexity index is 713. The van der Waals surface area contributed by atoms with Crippen LogP contribution in [0, 0.1) is 5.41 Å². The van der Waals surface area contributed by atoms with Gasteiger partial charge in [0.1, 0.15) is 5.60 Å². The second kappa shape index (κ2) is 7.11. The van der Waals surface area contributed by atoms with Gasteiger partial charge in [0.15, 0.2) is 0 Å². The lowest BCUT2D eigenvalue weighted by Crippen LogP contribution is -2.66. The smallest absolute Gasteiger partial charge is 0.409 e. The number of rotatable bonds is 3. The van der Waals surface area contributed by atoms with E-state index in [0.717, 1.165) is 58.3 Å². The maximum Gasteiger partial charge on any atom is 0.409 e. The maximum atomic E-state index is 12.5. The molecular weight excluding hydrogens is 379 g/mol. The number of hydrogen-bond acceptors (Lipinski definition) is 5. The van der Waals surface area contributed by atoms with E-state index in [0.29, 0.717) is 12.6 Å². The van der Waals surface area contributed by atoms with Crippen LogP contribution in [0.25, 0.3) is 0 Å². The Balaban J connectivity index is 1.34. The summed E-state index contributed by atoms with van der Waals surface area (Å²) in [6.45, 7) is 9.38. The molecule has 30 heavy (non-hydrogen) atoms. The third-order valence-corrected chi connectivity index (χ3v) is 7.95. The molecule has 1 aliphatic carbocycles. The van der Waals surface area contributed by atoms with Crippen molar-refractivity contribution < 1.29 is 19.1 Å². The van der Waals surface area contributed by atoms with Crippen LogP contribution in [0.15, 0.2) is 0 Å². The van der Waals surface area contributed by atoms with E-state index in [1.165, 1.54) is 4.90 Å². The van der Waals surface area contributed by atoms with Crippen molar-refractivity contribution in [3.8, 4) is 0 Å². The zero-order valence-corrected chi connectivity index (χ0v) is 18.4. The summed E-state index contributed by atoms with van der Waals surface area (Å²) in [5.74, 6) is 0. The molecule has 2 amide bonds. The zero-order chi connectivity index (χ0) is 21.9. The summed E-state index contributed by atoms with van der Waals surface area (Å²) in [4.78, 5) is 30.1. The van der Waals surface area contributed by atoms with E-state index in [1.54, 1.807) is 0 Å². The fourth-order valence-corrected chi connectivity index (χ4v) is 6.21. The molecule has 1 saturated carbocycles. The molecule has 158 valence electrons. The fourth-order valence-electron chi connectivity index (χ4n) is 6.21. The quantitative estimate of drug-likeness (QED) is 0.656. The minimum absolute atomic E-state index is 0.191. The molecule has 6 radical (unpaired) electrons. The fraction of sp³-hybridized carbons (Fsp3) is 0.900. The summed E-state index contributed by atoms with van der Waals surface area (Å²) in [7, 11) is 17.6. The van der Waals surface area contributed by atoms with Gasteiger partial charge in [0.2, 0.25) is 0 Å². The lowest BCUT2D eigenvalue weighted by atomic mass is 9.47. The summed E-state index contributed by atoms with van der Waals surface area (Å²) in [5.41, 5.74) is -1.10. The molecule has 3 saturated heterocycles. The topological polar surface area (TPSA) is 62.3 Å². The molecule has 3 aliphatic heterocycles. The first-order chi connectivity index (χ1) is 13.9. The Labute approximate surface area is 183 Å². The van der Waals surface area contributed by atoms with Crippen LogP contribution in [0.5, 0.6) is 0 Å². The van der Waals surface area contributed by atoms with E-state index in [9.17, 15) is 9.59 Å². The Morgan fingerprint density at radius 3 is 2.33 bits per heavy atom. The van der Waals surface area contributed by atoms with Crippen LogP contribution in [-0.4, -0.2) is 106 Å². The Kier molecular flexibility index (Phi) is 5.19. The van der Waals surface area contributed by atoms with Gasteiger partial charge in [0.25, 0.3) is 0 Å². The van der Waals surface area contributed by atoms with Crippen molar-refractivity contribution >= 4 is 35.7 Å². The number of piperidine rings is 1. The van der Waals surface area contributed by atoms with Gasteiger partial charge >= 0.3 is 12.2 Å². The third kappa shape index (κ3) is 3.34. The SMILES string of the molecule is [B]C([B])([B])N1C(=O)OC2(CCN(C3CC4(CCN(C(=O)OCC)C4)C3)CC2)C1(C)C. The predicted octanol–water partition coefficient (Wildman–Crippen LogP) is 1.18. The minimum atomic E-state index is -1.76. The molecule has 4 fully saturated rings. The second-order valence-electron chi connectivity index (χ2n) is 10.1. The van der Waals surface area contributed by atoms with Gasteiger partial charge in [-0.15, -0.1) is 0 Å². The van der Waals surface area contributed by atoms with Gasteiger partial charge in [-0.2, -0.15) is 0 Å². The molecular formula is C20H30B3N3O4. The number of hydrogen-bond donors (Lipinski definition) is 0. The molecule has 0 unspecified atom stereocenters.